The molecule has 5 saturated carbocycles. The van der Waals surface area contributed by atoms with Crippen LogP contribution < -0.4 is 0 Å². The average molecular weight is 344 g/mol. The molecule has 25 heavy (non-hydrogen) atoms. The Balaban J connectivity index is 1.56. The third-order valence-corrected chi connectivity index (χ3v) is 9.50. The largest absolute Gasteiger partial charge is 0.459 e. The van der Waals surface area contributed by atoms with Gasteiger partial charge in [-0.2, -0.15) is 0 Å². The van der Waals surface area contributed by atoms with Crippen molar-refractivity contribution in [2.24, 2.45) is 46.8 Å². The Morgan fingerprint density at radius 1 is 1.28 bits per heavy atom. The van der Waals surface area contributed by atoms with Gasteiger partial charge in [-0.1, -0.05) is 19.9 Å². The van der Waals surface area contributed by atoms with Crippen LogP contribution in [0.25, 0.3) is 0 Å². The Kier molecular flexibility index (Phi) is 3.49. The van der Waals surface area contributed by atoms with Crippen molar-refractivity contribution in [2.45, 2.75) is 63.9 Å². The first-order valence-electron chi connectivity index (χ1n) is 10.6. The van der Waals surface area contributed by atoms with E-state index in [1.807, 2.05) is 0 Å². The van der Waals surface area contributed by atoms with E-state index in [0.29, 0.717) is 18.3 Å². The highest BCUT2D eigenvalue weighted by Gasteiger charge is 2.77. The summed E-state index contributed by atoms with van der Waals surface area (Å²) in [5, 5.41) is 12.0. The summed E-state index contributed by atoms with van der Waals surface area (Å²) in [6.07, 6.45) is 11.3. The molecule has 3 nitrogen and oxygen atoms in total. The van der Waals surface area contributed by atoms with Gasteiger partial charge in [0.15, 0.2) is 0 Å². The third-order valence-electron chi connectivity index (χ3n) is 9.50. The van der Waals surface area contributed by atoms with E-state index in [2.05, 4.69) is 13.5 Å². The van der Waals surface area contributed by atoms with E-state index in [1.165, 1.54) is 51.0 Å². The summed E-state index contributed by atoms with van der Waals surface area (Å²) in [4.78, 5) is 11.7. The Morgan fingerprint density at radius 2 is 2.08 bits per heavy atom. The zero-order valence-electron chi connectivity index (χ0n) is 15.5. The van der Waals surface area contributed by atoms with E-state index >= 15 is 0 Å². The summed E-state index contributed by atoms with van der Waals surface area (Å²) in [7, 11) is 0. The van der Waals surface area contributed by atoms with E-state index in [-0.39, 0.29) is 12.0 Å². The highest BCUT2D eigenvalue weighted by molar-refractivity contribution is 5.81. The molecule has 0 amide bonds. The van der Waals surface area contributed by atoms with Gasteiger partial charge in [0.05, 0.1) is 0 Å². The summed E-state index contributed by atoms with van der Waals surface area (Å²) >= 11 is 0. The van der Waals surface area contributed by atoms with E-state index < -0.39 is 11.6 Å². The van der Waals surface area contributed by atoms with Crippen LogP contribution in [0.3, 0.4) is 0 Å². The molecule has 4 bridgehead atoms. The first-order valence-corrected chi connectivity index (χ1v) is 10.6. The number of esters is 1. The number of aliphatic hydroxyl groups is 1. The minimum absolute atomic E-state index is 0.000460. The Labute approximate surface area is 151 Å². The summed E-state index contributed by atoms with van der Waals surface area (Å²) in [6, 6.07) is 0. The SMILES string of the molecule is C=CC(=O)OCC(O)(CC)C12CC(C3CCCC31)C1C3CCC(C3)C12. The molecule has 0 aromatic heterocycles. The first kappa shape index (κ1) is 16.4. The molecule has 0 heterocycles. The van der Waals surface area contributed by atoms with Crippen molar-refractivity contribution in [2.75, 3.05) is 6.61 Å². The fourth-order valence-electron chi connectivity index (χ4n) is 9.01. The molecule has 9 unspecified atom stereocenters. The predicted molar refractivity (Wildman–Crippen MR) is 95.6 cm³/mol. The van der Waals surface area contributed by atoms with Gasteiger partial charge in [-0.15, -0.1) is 0 Å². The van der Waals surface area contributed by atoms with E-state index in [9.17, 15) is 9.90 Å². The molecule has 138 valence electrons. The first-order chi connectivity index (χ1) is 12.1. The van der Waals surface area contributed by atoms with Crippen molar-refractivity contribution in [1.82, 2.24) is 0 Å². The molecule has 5 aliphatic rings. The number of fused-ring (bicyclic) bond motifs is 12. The van der Waals surface area contributed by atoms with Crippen LogP contribution in [-0.4, -0.2) is 23.3 Å². The minimum atomic E-state index is -0.864. The van der Waals surface area contributed by atoms with Crippen LogP contribution in [0, 0.1) is 46.8 Å². The second kappa shape index (κ2) is 5.34. The molecule has 5 rings (SSSR count). The molecule has 1 N–H and O–H groups in total. The van der Waals surface area contributed by atoms with Gasteiger partial charge in [-0.25, -0.2) is 4.79 Å². The lowest BCUT2D eigenvalue weighted by atomic mass is 9.51. The fourth-order valence-corrected chi connectivity index (χ4v) is 9.01. The van der Waals surface area contributed by atoms with Crippen molar-refractivity contribution < 1.29 is 14.6 Å². The lowest BCUT2D eigenvalue weighted by Crippen LogP contribution is -2.59. The van der Waals surface area contributed by atoms with Gasteiger partial charge in [0.2, 0.25) is 0 Å². The fraction of sp³-hybridized carbons (Fsp3) is 0.864. The quantitative estimate of drug-likeness (QED) is 0.466. The maximum atomic E-state index is 12.0. The van der Waals surface area contributed by atoms with Crippen LogP contribution in [0.4, 0.5) is 0 Å². The summed E-state index contributed by atoms with van der Waals surface area (Å²) < 4.78 is 5.48. The summed E-state index contributed by atoms with van der Waals surface area (Å²) in [5.41, 5.74) is -0.864. The van der Waals surface area contributed by atoms with Crippen LogP contribution in [0.5, 0.6) is 0 Å². The number of carbonyl (C=O) groups is 1. The summed E-state index contributed by atoms with van der Waals surface area (Å²) in [5.74, 6) is 5.19. The molecule has 0 aliphatic heterocycles. The molecule has 0 spiro atoms. The van der Waals surface area contributed by atoms with Gasteiger partial charge >= 0.3 is 5.97 Å². The molecule has 5 aliphatic carbocycles. The Hall–Kier alpha value is -0.830. The number of carbonyl (C=O) groups excluding carboxylic acids is 1. The van der Waals surface area contributed by atoms with Crippen molar-refractivity contribution in [3.05, 3.63) is 12.7 Å². The Morgan fingerprint density at radius 3 is 2.84 bits per heavy atom. The van der Waals surface area contributed by atoms with Crippen LogP contribution in [0.2, 0.25) is 0 Å². The molecule has 0 aromatic carbocycles. The topological polar surface area (TPSA) is 46.5 Å². The Bertz CT molecular complexity index is 600. The van der Waals surface area contributed by atoms with Crippen molar-refractivity contribution in [1.29, 1.82) is 0 Å². The lowest BCUT2D eigenvalue weighted by molar-refractivity contribution is -0.190. The summed E-state index contributed by atoms with van der Waals surface area (Å²) in [6.45, 7) is 5.76. The van der Waals surface area contributed by atoms with Crippen molar-refractivity contribution in [3.8, 4) is 0 Å². The van der Waals surface area contributed by atoms with Gasteiger partial charge in [0, 0.05) is 11.5 Å². The maximum absolute atomic E-state index is 12.0. The highest BCUT2D eigenvalue weighted by Crippen LogP contribution is 2.80. The van der Waals surface area contributed by atoms with E-state index in [4.69, 9.17) is 4.74 Å². The third kappa shape index (κ3) is 1.84. The van der Waals surface area contributed by atoms with Gasteiger partial charge in [-0.05, 0) is 86.4 Å². The van der Waals surface area contributed by atoms with Crippen LogP contribution in [0.1, 0.15) is 58.3 Å². The van der Waals surface area contributed by atoms with Crippen LogP contribution >= 0.6 is 0 Å². The standard InChI is InChI=1S/C22H32O3/c1-3-18(23)25-12-21(24,4-2)22-11-16(15-6-5-7-17(15)22)19-13-8-9-14(10-13)20(19)22/h3,13-17,19-20,24H,1,4-12H2,2H3. The van der Waals surface area contributed by atoms with E-state index in [0.717, 1.165) is 29.6 Å². The normalized spacial score (nSPS) is 51.2. The molecular weight excluding hydrogens is 312 g/mol. The predicted octanol–water partition coefficient (Wildman–Crippen LogP) is 3.96. The number of hydrogen-bond donors (Lipinski definition) is 1. The monoisotopic (exact) mass is 344 g/mol. The molecular formula is C22H32O3. The molecule has 0 aromatic rings. The number of ether oxygens (including phenoxy) is 1. The van der Waals surface area contributed by atoms with Crippen molar-refractivity contribution in [3.63, 3.8) is 0 Å². The second-order valence-electron chi connectivity index (χ2n) is 9.74. The van der Waals surface area contributed by atoms with Crippen LogP contribution in [0.15, 0.2) is 12.7 Å². The zero-order chi connectivity index (χ0) is 17.4. The average Bonchev–Trinajstić information content (AvgIpc) is 3.40. The molecule has 3 heteroatoms. The maximum Gasteiger partial charge on any atom is 0.330 e. The molecule has 0 radical (unpaired) electrons. The van der Waals surface area contributed by atoms with Gasteiger partial charge in [0.1, 0.15) is 12.2 Å². The second-order valence-corrected chi connectivity index (χ2v) is 9.74. The van der Waals surface area contributed by atoms with Gasteiger partial charge < -0.3 is 9.84 Å². The smallest absolute Gasteiger partial charge is 0.330 e. The number of hydrogen-bond acceptors (Lipinski definition) is 3. The van der Waals surface area contributed by atoms with E-state index in [1.54, 1.807) is 0 Å². The minimum Gasteiger partial charge on any atom is -0.459 e. The van der Waals surface area contributed by atoms with Gasteiger partial charge in [-0.3, -0.25) is 0 Å². The molecule has 9 atom stereocenters. The van der Waals surface area contributed by atoms with Crippen LogP contribution in [-0.2, 0) is 9.53 Å². The molecule has 5 fully saturated rings. The lowest BCUT2D eigenvalue weighted by Gasteiger charge is -2.55. The number of rotatable bonds is 5. The van der Waals surface area contributed by atoms with Crippen molar-refractivity contribution >= 4 is 5.97 Å². The zero-order valence-corrected chi connectivity index (χ0v) is 15.5. The highest BCUT2D eigenvalue weighted by atomic mass is 16.5. The van der Waals surface area contributed by atoms with Gasteiger partial charge in [0.25, 0.3) is 0 Å². The molecule has 0 saturated heterocycles.